The van der Waals surface area contributed by atoms with Gasteiger partial charge in [0.2, 0.25) is 0 Å². The number of rotatable bonds is 4. The second-order valence-electron chi connectivity index (χ2n) is 6.66. The van der Waals surface area contributed by atoms with Crippen molar-refractivity contribution >= 4 is 11.0 Å². The van der Waals surface area contributed by atoms with Crippen LogP contribution in [0.5, 0.6) is 0 Å². The molecule has 0 bridgehead atoms. The van der Waals surface area contributed by atoms with Gasteiger partial charge >= 0.3 is 0 Å². The average Bonchev–Trinajstić information content (AvgIpc) is 2.89. The Kier molecular flexibility index (Phi) is 3.84. The first-order chi connectivity index (χ1) is 9.66. The first-order valence-electron chi connectivity index (χ1n) is 7.88. The zero-order valence-corrected chi connectivity index (χ0v) is 12.6. The van der Waals surface area contributed by atoms with Crippen molar-refractivity contribution in [1.82, 2.24) is 5.32 Å². The summed E-state index contributed by atoms with van der Waals surface area (Å²) in [6.07, 6.45) is 6.89. The quantitative estimate of drug-likeness (QED) is 0.841. The Hall–Kier alpha value is -1.28. The lowest BCUT2D eigenvalue weighted by molar-refractivity contribution is 0.199. The van der Waals surface area contributed by atoms with E-state index in [0.29, 0.717) is 5.41 Å². The average molecular weight is 271 g/mol. The second kappa shape index (κ2) is 5.61. The van der Waals surface area contributed by atoms with E-state index in [1.54, 1.807) is 0 Å². The first kappa shape index (κ1) is 13.7. The van der Waals surface area contributed by atoms with E-state index in [4.69, 9.17) is 4.42 Å². The van der Waals surface area contributed by atoms with Crippen molar-refractivity contribution in [2.45, 2.75) is 52.0 Å². The van der Waals surface area contributed by atoms with E-state index >= 15 is 0 Å². The number of benzene rings is 1. The second-order valence-corrected chi connectivity index (χ2v) is 6.66. The molecule has 1 atom stereocenters. The minimum Gasteiger partial charge on any atom is -0.459 e. The summed E-state index contributed by atoms with van der Waals surface area (Å²) in [5.74, 6) is 1.05. The lowest BCUT2D eigenvalue weighted by Gasteiger charge is -2.34. The summed E-state index contributed by atoms with van der Waals surface area (Å²) in [5.41, 5.74) is 1.46. The van der Waals surface area contributed by atoms with Crippen LogP contribution in [0.2, 0.25) is 0 Å². The number of hydrogen-bond donors (Lipinski definition) is 1. The Balaban J connectivity index is 1.65. The lowest BCUT2D eigenvalue weighted by Crippen LogP contribution is -2.34. The molecule has 1 aliphatic rings. The Morgan fingerprint density at radius 1 is 1.20 bits per heavy atom. The number of nitrogens with one attached hydrogen (secondary N) is 1. The molecule has 1 aliphatic carbocycles. The zero-order valence-electron chi connectivity index (χ0n) is 12.6. The highest BCUT2D eigenvalue weighted by Crippen LogP contribution is 2.35. The van der Waals surface area contributed by atoms with Crippen LogP contribution in [0.4, 0.5) is 0 Å². The fourth-order valence-electron chi connectivity index (χ4n) is 3.30. The molecule has 3 rings (SSSR count). The zero-order chi connectivity index (χ0) is 14.0. The van der Waals surface area contributed by atoms with Gasteiger partial charge in [0, 0.05) is 11.9 Å². The molecule has 20 heavy (non-hydrogen) atoms. The van der Waals surface area contributed by atoms with Crippen molar-refractivity contribution < 1.29 is 4.42 Å². The monoisotopic (exact) mass is 271 g/mol. The molecule has 1 saturated carbocycles. The maximum Gasteiger partial charge on any atom is 0.134 e. The van der Waals surface area contributed by atoms with Crippen LogP contribution in [-0.4, -0.2) is 6.54 Å². The minimum atomic E-state index is 0.279. The van der Waals surface area contributed by atoms with Gasteiger partial charge in [0.15, 0.2) is 0 Å². The van der Waals surface area contributed by atoms with Gasteiger partial charge in [0.1, 0.15) is 11.3 Å². The Morgan fingerprint density at radius 2 is 1.95 bits per heavy atom. The summed E-state index contributed by atoms with van der Waals surface area (Å²) in [7, 11) is 0. The van der Waals surface area contributed by atoms with Crippen molar-refractivity contribution in [2.24, 2.45) is 5.41 Å². The highest BCUT2D eigenvalue weighted by Gasteiger charge is 2.27. The van der Waals surface area contributed by atoms with Crippen LogP contribution >= 0.6 is 0 Å². The molecule has 2 heteroatoms. The third kappa shape index (κ3) is 2.90. The minimum absolute atomic E-state index is 0.279. The summed E-state index contributed by atoms with van der Waals surface area (Å²) < 4.78 is 5.94. The largest absolute Gasteiger partial charge is 0.459 e. The van der Waals surface area contributed by atoms with Crippen LogP contribution in [0.25, 0.3) is 11.0 Å². The van der Waals surface area contributed by atoms with E-state index in [-0.39, 0.29) is 6.04 Å². The van der Waals surface area contributed by atoms with E-state index < -0.39 is 0 Å². The maximum atomic E-state index is 5.94. The van der Waals surface area contributed by atoms with Gasteiger partial charge in [0.05, 0.1) is 6.04 Å². The van der Waals surface area contributed by atoms with Gasteiger partial charge in [-0.15, -0.1) is 0 Å². The third-order valence-corrected chi connectivity index (χ3v) is 4.77. The molecule has 1 heterocycles. The van der Waals surface area contributed by atoms with Crippen LogP contribution in [0, 0.1) is 5.41 Å². The van der Waals surface area contributed by atoms with Gasteiger partial charge in [-0.3, -0.25) is 0 Å². The Bertz CT molecular complexity index is 533. The predicted octanol–water partition coefficient (Wildman–Crippen LogP) is 5.05. The van der Waals surface area contributed by atoms with E-state index in [0.717, 1.165) is 17.9 Å². The molecule has 0 radical (unpaired) electrons. The predicted molar refractivity (Wildman–Crippen MR) is 83.8 cm³/mol. The summed E-state index contributed by atoms with van der Waals surface area (Å²) in [4.78, 5) is 0. The molecule has 108 valence electrons. The molecule has 0 amide bonds. The van der Waals surface area contributed by atoms with Crippen molar-refractivity contribution in [3.8, 4) is 0 Å². The van der Waals surface area contributed by atoms with Crippen LogP contribution in [0.3, 0.4) is 0 Å². The highest BCUT2D eigenvalue weighted by atomic mass is 16.3. The summed E-state index contributed by atoms with van der Waals surface area (Å²) in [6.45, 7) is 5.71. The van der Waals surface area contributed by atoms with Crippen LogP contribution in [-0.2, 0) is 0 Å². The lowest BCUT2D eigenvalue weighted by atomic mass is 9.75. The molecular weight excluding hydrogens is 246 g/mol. The fourth-order valence-corrected chi connectivity index (χ4v) is 3.30. The topological polar surface area (TPSA) is 25.2 Å². The smallest absolute Gasteiger partial charge is 0.134 e. The summed E-state index contributed by atoms with van der Waals surface area (Å²) in [5, 5.41) is 4.87. The standard InChI is InChI=1S/C18H25NO/c1-14(19-13-18(2)10-6-3-7-11-18)17-12-15-8-4-5-9-16(15)20-17/h4-5,8-9,12,14,19H,3,6-7,10-11,13H2,1-2H3. The van der Waals surface area contributed by atoms with Gasteiger partial charge in [0.25, 0.3) is 0 Å². The summed E-state index contributed by atoms with van der Waals surface area (Å²) >= 11 is 0. The fraction of sp³-hybridized carbons (Fsp3) is 0.556. The van der Waals surface area contributed by atoms with Gasteiger partial charge in [-0.1, -0.05) is 44.4 Å². The van der Waals surface area contributed by atoms with Gasteiger partial charge in [-0.05, 0) is 37.3 Å². The Morgan fingerprint density at radius 3 is 2.70 bits per heavy atom. The van der Waals surface area contributed by atoms with Crippen LogP contribution in [0.15, 0.2) is 34.7 Å². The molecule has 1 aromatic carbocycles. The molecule has 0 spiro atoms. The molecule has 1 N–H and O–H groups in total. The van der Waals surface area contributed by atoms with Gasteiger partial charge in [-0.2, -0.15) is 0 Å². The van der Waals surface area contributed by atoms with Crippen molar-refractivity contribution in [3.05, 3.63) is 36.1 Å². The van der Waals surface area contributed by atoms with Crippen LogP contribution < -0.4 is 5.32 Å². The molecular formula is C18H25NO. The van der Waals surface area contributed by atoms with Gasteiger partial charge in [-0.25, -0.2) is 0 Å². The number of para-hydroxylation sites is 1. The number of furan rings is 1. The molecule has 0 saturated heterocycles. The third-order valence-electron chi connectivity index (χ3n) is 4.77. The molecule has 1 aromatic heterocycles. The molecule has 1 unspecified atom stereocenters. The van der Waals surface area contributed by atoms with Crippen molar-refractivity contribution in [1.29, 1.82) is 0 Å². The maximum absolute atomic E-state index is 5.94. The van der Waals surface area contributed by atoms with E-state index in [1.165, 1.54) is 37.5 Å². The van der Waals surface area contributed by atoms with E-state index in [1.807, 2.05) is 12.1 Å². The van der Waals surface area contributed by atoms with Crippen molar-refractivity contribution in [3.63, 3.8) is 0 Å². The van der Waals surface area contributed by atoms with E-state index in [2.05, 4.69) is 37.4 Å². The highest BCUT2D eigenvalue weighted by molar-refractivity contribution is 5.77. The number of hydrogen-bond acceptors (Lipinski definition) is 2. The van der Waals surface area contributed by atoms with E-state index in [9.17, 15) is 0 Å². The van der Waals surface area contributed by atoms with Gasteiger partial charge < -0.3 is 9.73 Å². The molecule has 2 aromatic rings. The normalized spacial score (nSPS) is 20.1. The SMILES string of the molecule is CC(NCC1(C)CCCCC1)c1cc2ccccc2o1. The first-order valence-corrected chi connectivity index (χ1v) is 7.88. The van der Waals surface area contributed by atoms with Crippen LogP contribution in [0.1, 0.15) is 57.8 Å². The molecule has 0 aliphatic heterocycles. The Labute approximate surface area is 121 Å². The molecule has 1 fully saturated rings. The summed E-state index contributed by atoms with van der Waals surface area (Å²) in [6, 6.07) is 10.7. The molecule has 2 nitrogen and oxygen atoms in total. The van der Waals surface area contributed by atoms with Crippen molar-refractivity contribution in [2.75, 3.05) is 6.54 Å². The number of fused-ring (bicyclic) bond motifs is 1.